The van der Waals surface area contributed by atoms with Crippen LogP contribution in [0.1, 0.15) is 5.76 Å². The molecule has 8 heteroatoms. The van der Waals surface area contributed by atoms with E-state index in [1.807, 2.05) is 0 Å². The fraction of sp³-hybridized carbons (Fsp3) is 0. The number of hydrogen-bond acceptors (Lipinski definition) is 3. The van der Waals surface area contributed by atoms with Crippen molar-refractivity contribution in [3.63, 3.8) is 0 Å². The lowest BCUT2D eigenvalue weighted by atomic mass is 10.2. The van der Waals surface area contributed by atoms with Gasteiger partial charge < -0.3 is 9.73 Å². The van der Waals surface area contributed by atoms with Gasteiger partial charge in [-0.15, -0.1) is 0 Å². The Kier molecular flexibility index (Phi) is 6.75. The fourth-order valence-electron chi connectivity index (χ4n) is 2.30. The minimum atomic E-state index is -0.410. The molecular formula is C20H13Cl3N2O2S. The summed E-state index contributed by atoms with van der Waals surface area (Å²) in [6.07, 6.45) is 2.84. The third-order valence-corrected chi connectivity index (χ3v) is 4.66. The SMILES string of the molecule is O=C(/C=C/c1ccc(-c2ccc(Cl)cc2Cl)o1)NC(=S)Nc1ccccc1Cl. The number of carbonyl (C=O) groups is 1. The quantitative estimate of drug-likeness (QED) is 0.354. The average molecular weight is 452 g/mol. The lowest BCUT2D eigenvalue weighted by Crippen LogP contribution is -2.32. The molecule has 0 saturated carbocycles. The molecule has 3 rings (SSSR count). The number of anilines is 1. The highest BCUT2D eigenvalue weighted by Gasteiger charge is 2.09. The Morgan fingerprint density at radius 1 is 1.00 bits per heavy atom. The maximum absolute atomic E-state index is 12.0. The van der Waals surface area contributed by atoms with E-state index in [-0.39, 0.29) is 5.11 Å². The molecule has 2 aromatic carbocycles. The van der Waals surface area contributed by atoms with Crippen LogP contribution in [-0.2, 0) is 4.79 Å². The van der Waals surface area contributed by atoms with Gasteiger partial charge in [0.2, 0.25) is 5.91 Å². The first-order chi connectivity index (χ1) is 13.4. The van der Waals surface area contributed by atoms with Gasteiger partial charge in [-0.25, -0.2) is 0 Å². The lowest BCUT2D eigenvalue weighted by Gasteiger charge is -2.09. The molecular weight excluding hydrogens is 439 g/mol. The molecule has 0 saturated heterocycles. The van der Waals surface area contributed by atoms with Crippen LogP contribution < -0.4 is 10.6 Å². The van der Waals surface area contributed by atoms with Gasteiger partial charge in [-0.3, -0.25) is 10.1 Å². The van der Waals surface area contributed by atoms with Crippen molar-refractivity contribution in [2.24, 2.45) is 0 Å². The number of hydrogen-bond donors (Lipinski definition) is 2. The van der Waals surface area contributed by atoms with Crippen molar-refractivity contribution in [2.45, 2.75) is 0 Å². The zero-order valence-corrected chi connectivity index (χ0v) is 17.3. The molecule has 0 atom stereocenters. The summed E-state index contributed by atoms with van der Waals surface area (Å²) in [5.74, 6) is 0.644. The molecule has 4 nitrogen and oxygen atoms in total. The van der Waals surface area contributed by atoms with Crippen LogP contribution in [0.4, 0.5) is 5.69 Å². The Morgan fingerprint density at radius 2 is 1.79 bits per heavy atom. The van der Waals surface area contributed by atoms with Crippen molar-refractivity contribution >= 4 is 69.8 Å². The third kappa shape index (κ3) is 5.36. The normalized spacial score (nSPS) is 10.8. The van der Waals surface area contributed by atoms with Crippen molar-refractivity contribution < 1.29 is 9.21 Å². The Balaban J connectivity index is 1.61. The van der Waals surface area contributed by atoms with Gasteiger partial charge in [0.1, 0.15) is 11.5 Å². The standard InChI is InChI=1S/C20H13Cl3N2O2S/c21-12-5-8-14(16(23)11-12)18-9-6-13(27-18)7-10-19(26)25-20(28)24-17-4-2-1-3-15(17)22/h1-11H,(H2,24,25,26,28)/b10-7+. The van der Waals surface area contributed by atoms with E-state index in [2.05, 4.69) is 10.6 Å². The fourth-order valence-corrected chi connectivity index (χ4v) is 3.20. The molecule has 2 N–H and O–H groups in total. The van der Waals surface area contributed by atoms with Crippen molar-refractivity contribution in [2.75, 3.05) is 5.32 Å². The molecule has 0 unspecified atom stereocenters. The summed E-state index contributed by atoms with van der Waals surface area (Å²) >= 11 is 23.2. The number of furan rings is 1. The molecule has 142 valence electrons. The minimum absolute atomic E-state index is 0.135. The monoisotopic (exact) mass is 450 g/mol. The van der Waals surface area contributed by atoms with E-state index in [0.717, 1.165) is 0 Å². The molecule has 0 radical (unpaired) electrons. The Hall–Kier alpha value is -2.31. The average Bonchev–Trinajstić information content (AvgIpc) is 3.10. The molecule has 0 bridgehead atoms. The van der Waals surface area contributed by atoms with Gasteiger partial charge in [0.15, 0.2) is 5.11 Å². The topological polar surface area (TPSA) is 54.3 Å². The van der Waals surface area contributed by atoms with E-state index in [9.17, 15) is 4.79 Å². The maximum atomic E-state index is 12.0. The van der Waals surface area contributed by atoms with Crippen LogP contribution in [0.15, 0.2) is 65.1 Å². The minimum Gasteiger partial charge on any atom is -0.457 e. The maximum Gasteiger partial charge on any atom is 0.250 e. The number of halogens is 3. The van der Waals surface area contributed by atoms with E-state index in [4.69, 9.17) is 51.4 Å². The highest BCUT2D eigenvalue weighted by molar-refractivity contribution is 7.80. The summed E-state index contributed by atoms with van der Waals surface area (Å²) in [6, 6.07) is 15.7. The highest BCUT2D eigenvalue weighted by Crippen LogP contribution is 2.31. The lowest BCUT2D eigenvalue weighted by molar-refractivity contribution is -0.115. The van der Waals surface area contributed by atoms with E-state index in [1.54, 1.807) is 54.6 Å². The van der Waals surface area contributed by atoms with Crippen LogP contribution in [0.3, 0.4) is 0 Å². The van der Waals surface area contributed by atoms with Crippen LogP contribution in [-0.4, -0.2) is 11.0 Å². The molecule has 1 aromatic heterocycles. The van der Waals surface area contributed by atoms with E-state index >= 15 is 0 Å². The molecule has 0 spiro atoms. The molecule has 0 aliphatic heterocycles. The number of amides is 1. The first kappa shape index (κ1) is 20.4. The zero-order valence-electron chi connectivity index (χ0n) is 14.2. The van der Waals surface area contributed by atoms with Gasteiger partial charge in [-0.05, 0) is 60.8 Å². The number of thiocarbonyl (C=S) groups is 1. The summed E-state index contributed by atoms with van der Waals surface area (Å²) in [6.45, 7) is 0. The number of benzene rings is 2. The van der Waals surface area contributed by atoms with E-state index in [1.165, 1.54) is 12.2 Å². The number of rotatable bonds is 4. The third-order valence-electron chi connectivity index (χ3n) is 3.58. The number of carbonyl (C=O) groups excluding carboxylic acids is 1. The molecule has 28 heavy (non-hydrogen) atoms. The smallest absolute Gasteiger partial charge is 0.250 e. The van der Waals surface area contributed by atoms with E-state index in [0.29, 0.717) is 37.8 Å². The van der Waals surface area contributed by atoms with Crippen molar-refractivity contribution in [1.82, 2.24) is 5.32 Å². The summed E-state index contributed by atoms with van der Waals surface area (Å²) in [7, 11) is 0. The van der Waals surface area contributed by atoms with Crippen LogP contribution in [0.5, 0.6) is 0 Å². The molecule has 0 fully saturated rings. The second-order valence-corrected chi connectivity index (χ2v) is 7.24. The zero-order chi connectivity index (χ0) is 20.1. The summed E-state index contributed by atoms with van der Waals surface area (Å²) in [4.78, 5) is 12.0. The molecule has 1 amide bonds. The van der Waals surface area contributed by atoms with Gasteiger partial charge in [-0.1, -0.05) is 46.9 Å². The van der Waals surface area contributed by atoms with Gasteiger partial charge in [0.25, 0.3) is 0 Å². The van der Waals surface area contributed by atoms with Crippen LogP contribution in [0.25, 0.3) is 17.4 Å². The number of para-hydroxylation sites is 1. The highest BCUT2D eigenvalue weighted by atomic mass is 35.5. The molecule has 0 aliphatic carbocycles. The molecule has 0 aliphatic rings. The Bertz CT molecular complexity index is 1060. The van der Waals surface area contributed by atoms with Crippen LogP contribution >= 0.6 is 47.0 Å². The van der Waals surface area contributed by atoms with Gasteiger partial charge in [0.05, 0.1) is 15.7 Å². The Labute approximate surface area is 182 Å². The second-order valence-electron chi connectivity index (χ2n) is 5.58. The predicted molar refractivity (Wildman–Crippen MR) is 119 cm³/mol. The summed E-state index contributed by atoms with van der Waals surface area (Å²) in [5, 5.41) is 7.05. The summed E-state index contributed by atoms with van der Waals surface area (Å²) < 4.78 is 5.70. The van der Waals surface area contributed by atoms with E-state index < -0.39 is 5.91 Å². The molecule has 3 aromatic rings. The second kappa shape index (κ2) is 9.26. The van der Waals surface area contributed by atoms with Crippen LogP contribution in [0, 0.1) is 0 Å². The predicted octanol–water partition coefficient (Wildman–Crippen LogP) is 6.43. The largest absolute Gasteiger partial charge is 0.457 e. The first-order valence-electron chi connectivity index (χ1n) is 8.02. The molecule has 1 heterocycles. The van der Waals surface area contributed by atoms with Crippen molar-refractivity contribution in [1.29, 1.82) is 0 Å². The van der Waals surface area contributed by atoms with Crippen molar-refractivity contribution in [3.05, 3.63) is 81.5 Å². The first-order valence-corrected chi connectivity index (χ1v) is 9.56. The van der Waals surface area contributed by atoms with Gasteiger partial charge >= 0.3 is 0 Å². The Morgan fingerprint density at radius 3 is 2.54 bits per heavy atom. The summed E-state index contributed by atoms with van der Waals surface area (Å²) in [5.41, 5.74) is 1.31. The van der Waals surface area contributed by atoms with Gasteiger partial charge in [-0.2, -0.15) is 0 Å². The van der Waals surface area contributed by atoms with Crippen molar-refractivity contribution in [3.8, 4) is 11.3 Å². The number of nitrogens with one attached hydrogen (secondary N) is 2. The van der Waals surface area contributed by atoms with Crippen LogP contribution in [0.2, 0.25) is 15.1 Å². The van der Waals surface area contributed by atoms with Gasteiger partial charge in [0, 0.05) is 16.7 Å².